The average Bonchev–Trinajstić information content (AvgIpc) is 2.47. The number of pyridine rings is 1. The highest BCUT2D eigenvalue weighted by atomic mass is 32.2. The largest absolute Gasteiger partial charge is 0.494 e. The van der Waals surface area contributed by atoms with Crippen molar-refractivity contribution in [2.24, 2.45) is 5.84 Å². The summed E-state index contributed by atoms with van der Waals surface area (Å²) in [7, 11) is -3.80. The van der Waals surface area contributed by atoms with Gasteiger partial charge in [0.2, 0.25) is 0 Å². The van der Waals surface area contributed by atoms with Gasteiger partial charge in [0.15, 0.2) is 0 Å². The number of nitrogens with one attached hydrogen (secondary N) is 2. The molecule has 0 bridgehead atoms. The SMILES string of the molecule is CCOc1cccc(NS(=O)(=O)c2cnccc2NN)c1. The van der Waals surface area contributed by atoms with E-state index in [1.807, 2.05) is 6.92 Å². The number of sulfonamides is 1. The highest BCUT2D eigenvalue weighted by Crippen LogP contribution is 2.24. The van der Waals surface area contributed by atoms with E-state index in [0.29, 0.717) is 18.0 Å². The third-order valence-corrected chi connectivity index (χ3v) is 4.04. The number of ether oxygens (including phenoxy) is 1. The number of hydrazine groups is 1. The molecule has 0 aliphatic rings. The zero-order valence-electron chi connectivity index (χ0n) is 11.4. The summed E-state index contributed by atoms with van der Waals surface area (Å²) in [5, 5.41) is 0. The second kappa shape index (κ2) is 6.42. The summed E-state index contributed by atoms with van der Waals surface area (Å²) in [6, 6.07) is 8.16. The van der Waals surface area contributed by atoms with Gasteiger partial charge in [-0.25, -0.2) is 8.42 Å². The molecular formula is C13H16N4O3S. The molecule has 0 saturated heterocycles. The Bertz CT molecular complexity index is 719. The van der Waals surface area contributed by atoms with Crippen molar-refractivity contribution < 1.29 is 13.2 Å². The summed E-state index contributed by atoms with van der Waals surface area (Å²) in [5.74, 6) is 5.90. The first-order valence-electron chi connectivity index (χ1n) is 6.23. The number of nitrogens with two attached hydrogens (primary N) is 1. The van der Waals surface area contributed by atoms with Gasteiger partial charge in [-0.2, -0.15) is 0 Å². The molecule has 0 atom stereocenters. The van der Waals surface area contributed by atoms with Gasteiger partial charge in [0, 0.05) is 18.5 Å². The van der Waals surface area contributed by atoms with E-state index in [2.05, 4.69) is 15.1 Å². The standard InChI is InChI=1S/C13H16N4O3S/c1-2-20-11-5-3-4-10(8-11)17-21(18,19)13-9-15-7-6-12(13)16-14/h3-9,17H,2,14H2,1H3,(H,15,16). The molecule has 0 radical (unpaired) electrons. The van der Waals surface area contributed by atoms with E-state index in [0.717, 1.165) is 0 Å². The van der Waals surface area contributed by atoms with Crippen molar-refractivity contribution in [3.05, 3.63) is 42.7 Å². The van der Waals surface area contributed by atoms with Crippen LogP contribution in [0.2, 0.25) is 0 Å². The summed E-state index contributed by atoms with van der Waals surface area (Å²) in [5.41, 5.74) is 2.99. The maximum atomic E-state index is 12.4. The van der Waals surface area contributed by atoms with Gasteiger partial charge in [0.05, 0.1) is 18.0 Å². The predicted octanol–water partition coefficient (Wildman–Crippen LogP) is 1.57. The minimum Gasteiger partial charge on any atom is -0.494 e. The Labute approximate surface area is 123 Å². The van der Waals surface area contributed by atoms with Gasteiger partial charge in [0.1, 0.15) is 10.6 Å². The lowest BCUT2D eigenvalue weighted by Crippen LogP contribution is -2.17. The second-order valence-corrected chi connectivity index (χ2v) is 5.73. The smallest absolute Gasteiger partial charge is 0.265 e. The summed E-state index contributed by atoms with van der Waals surface area (Å²) in [6.07, 6.45) is 2.67. The number of anilines is 2. The fraction of sp³-hybridized carbons (Fsp3) is 0.154. The molecule has 0 aliphatic carbocycles. The van der Waals surface area contributed by atoms with Crippen LogP contribution in [-0.4, -0.2) is 20.0 Å². The molecule has 4 N–H and O–H groups in total. The molecule has 0 spiro atoms. The van der Waals surface area contributed by atoms with Crippen molar-refractivity contribution in [3.63, 3.8) is 0 Å². The lowest BCUT2D eigenvalue weighted by Gasteiger charge is -2.12. The highest BCUT2D eigenvalue weighted by Gasteiger charge is 2.18. The number of benzene rings is 1. The highest BCUT2D eigenvalue weighted by molar-refractivity contribution is 7.92. The van der Waals surface area contributed by atoms with Gasteiger partial charge in [-0.15, -0.1) is 0 Å². The number of rotatable bonds is 6. The average molecular weight is 308 g/mol. The summed E-state index contributed by atoms with van der Waals surface area (Å²) >= 11 is 0. The minimum absolute atomic E-state index is 0.0330. The van der Waals surface area contributed by atoms with Crippen molar-refractivity contribution in [3.8, 4) is 5.75 Å². The molecule has 7 nitrogen and oxygen atoms in total. The molecule has 112 valence electrons. The van der Waals surface area contributed by atoms with Crippen LogP contribution in [0, 0.1) is 0 Å². The molecular weight excluding hydrogens is 292 g/mol. The Morgan fingerprint density at radius 1 is 1.33 bits per heavy atom. The maximum absolute atomic E-state index is 12.4. The van der Waals surface area contributed by atoms with E-state index in [9.17, 15) is 8.42 Å². The molecule has 1 heterocycles. The number of nitrogens with zero attached hydrogens (tertiary/aromatic N) is 1. The third-order valence-electron chi connectivity index (χ3n) is 2.63. The maximum Gasteiger partial charge on any atom is 0.265 e. The van der Waals surface area contributed by atoms with Crippen LogP contribution < -0.4 is 20.7 Å². The van der Waals surface area contributed by atoms with Crippen molar-refractivity contribution in [2.45, 2.75) is 11.8 Å². The van der Waals surface area contributed by atoms with Crippen molar-refractivity contribution in [1.82, 2.24) is 4.98 Å². The number of nitrogen functional groups attached to an aromatic ring is 1. The van der Waals surface area contributed by atoms with Crippen LogP contribution in [0.4, 0.5) is 11.4 Å². The number of hydrogen-bond donors (Lipinski definition) is 3. The lowest BCUT2D eigenvalue weighted by molar-refractivity contribution is 0.340. The summed E-state index contributed by atoms with van der Waals surface area (Å²) in [4.78, 5) is 3.78. The fourth-order valence-electron chi connectivity index (χ4n) is 1.74. The number of aromatic nitrogens is 1. The second-order valence-electron chi connectivity index (χ2n) is 4.08. The first-order valence-corrected chi connectivity index (χ1v) is 7.71. The number of hydrogen-bond acceptors (Lipinski definition) is 6. The Balaban J connectivity index is 2.31. The van der Waals surface area contributed by atoms with E-state index < -0.39 is 10.0 Å². The van der Waals surface area contributed by atoms with Gasteiger partial charge in [-0.3, -0.25) is 15.5 Å². The van der Waals surface area contributed by atoms with E-state index in [1.165, 1.54) is 18.5 Å². The lowest BCUT2D eigenvalue weighted by atomic mass is 10.3. The quantitative estimate of drug-likeness (QED) is 0.552. The van der Waals surface area contributed by atoms with Crippen LogP contribution in [0.1, 0.15) is 6.92 Å². The monoisotopic (exact) mass is 308 g/mol. The van der Waals surface area contributed by atoms with Gasteiger partial charge < -0.3 is 10.2 Å². The van der Waals surface area contributed by atoms with Crippen molar-refractivity contribution in [1.29, 1.82) is 0 Å². The topological polar surface area (TPSA) is 106 Å². The van der Waals surface area contributed by atoms with Crippen LogP contribution in [0.3, 0.4) is 0 Å². The molecule has 1 aromatic carbocycles. The minimum atomic E-state index is -3.80. The molecule has 0 saturated carbocycles. The summed E-state index contributed by atoms with van der Waals surface area (Å²) in [6.45, 7) is 2.35. The Morgan fingerprint density at radius 2 is 2.14 bits per heavy atom. The molecule has 1 aromatic heterocycles. The Morgan fingerprint density at radius 3 is 2.86 bits per heavy atom. The zero-order valence-corrected chi connectivity index (χ0v) is 12.2. The van der Waals surface area contributed by atoms with Crippen LogP contribution >= 0.6 is 0 Å². The molecule has 0 unspecified atom stereocenters. The molecule has 2 rings (SSSR count). The molecule has 0 aliphatic heterocycles. The van der Waals surface area contributed by atoms with Crippen LogP contribution in [0.25, 0.3) is 0 Å². The third kappa shape index (κ3) is 3.61. The van der Waals surface area contributed by atoms with E-state index in [-0.39, 0.29) is 10.6 Å². The van der Waals surface area contributed by atoms with Crippen LogP contribution in [0.5, 0.6) is 5.75 Å². The van der Waals surface area contributed by atoms with Crippen LogP contribution in [-0.2, 0) is 10.0 Å². The first kappa shape index (κ1) is 15.1. The van der Waals surface area contributed by atoms with Gasteiger partial charge in [-0.05, 0) is 25.1 Å². The fourth-order valence-corrected chi connectivity index (χ4v) is 2.90. The van der Waals surface area contributed by atoms with Gasteiger partial charge >= 0.3 is 0 Å². The Hall–Kier alpha value is -2.32. The predicted molar refractivity (Wildman–Crippen MR) is 80.5 cm³/mol. The summed E-state index contributed by atoms with van der Waals surface area (Å²) < 4.78 is 32.5. The first-order chi connectivity index (χ1) is 10.1. The van der Waals surface area contributed by atoms with Crippen molar-refractivity contribution in [2.75, 3.05) is 16.8 Å². The molecule has 21 heavy (non-hydrogen) atoms. The van der Waals surface area contributed by atoms with E-state index >= 15 is 0 Å². The molecule has 8 heteroatoms. The van der Waals surface area contributed by atoms with E-state index in [4.69, 9.17) is 10.6 Å². The van der Waals surface area contributed by atoms with Gasteiger partial charge in [0.25, 0.3) is 10.0 Å². The van der Waals surface area contributed by atoms with Gasteiger partial charge in [-0.1, -0.05) is 6.07 Å². The van der Waals surface area contributed by atoms with Crippen molar-refractivity contribution >= 4 is 21.4 Å². The molecule has 0 amide bonds. The van der Waals surface area contributed by atoms with Crippen LogP contribution in [0.15, 0.2) is 47.6 Å². The Kier molecular flexibility index (Phi) is 4.61. The molecule has 2 aromatic rings. The normalized spacial score (nSPS) is 11.0. The zero-order chi connectivity index (χ0) is 15.3. The molecule has 0 fully saturated rings. The van der Waals surface area contributed by atoms with E-state index in [1.54, 1.807) is 24.3 Å².